The van der Waals surface area contributed by atoms with Gasteiger partial charge in [-0.2, -0.15) is 0 Å². The summed E-state index contributed by atoms with van der Waals surface area (Å²) in [4.78, 5) is 2.31. The minimum atomic E-state index is 0.303. The summed E-state index contributed by atoms with van der Waals surface area (Å²) in [5.74, 6) is 1.08. The third kappa shape index (κ3) is 9.34. The molecule has 0 rings (SSSR count). The number of hydrogen-bond acceptors (Lipinski definition) is 2. The van der Waals surface area contributed by atoms with E-state index >= 15 is 0 Å². The Balaban J connectivity index is 3.29. The van der Waals surface area contributed by atoms with Crippen molar-refractivity contribution in [3.05, 3.63) is 0 Å². The van der Waals surface area contributed by atoms with Crippen LogP contribution in [0.25, 0.3) is 0 Å². The largest absolute Gasteiger partial charge is 0.388 e. The summed E-state index contributed by atoms with van der Waals surface area (Å²) in [6.07, 6.45) is 2.98. The molecule has 0 aliphatic heterocycles. The Hall–Kier alpha value is -0.570. The molecule has 3 N–H and O–H groups in total. The summed E-state index contributed by atoms with van der Waals surface area (Å²) in [7, 11) is 2.13. The molecule has 0 aromatic heterocycles. The zero-order valence-corrected chi connectivity index (χ0v) is 9.14. The molecule has 0 aliphatic rings. The lowest BCUT2D eigenvalue weighted by Crippen LogP contribution is -2.23. The maximum atomic E-state index is 7.07. The molecule has 0 spiro atoms. The lowest BCUT2D eigenvalue weighted by atomic mass is 10.1. The van der Waals surface area contributed by atoms with E-state index in [2.05, 4.69) is 25.8 Å². The summed E-state index contributed by atoms with van der Waals surface area (Å²) in [5.41, 5.74) is 5.27. The van der Waals surface area contributed by atoms with E-state index in [1.54, 1.807) is 0 Å². The first kappa shape index (κ1) is 12.4. The molecule has 0 unspecified atom stereocenters. The van der Waals surface area contributed by atoms with Gasteiger partial charge in [0.2, 0.25) is 0 Å². The third-order valence-electron chi connectivity index (χ3n) is 2.07. The van der Waals surface area contributed by atoms with Crippen LogP contribution in [0, 0.1) is 11.3 Å². The fourth-order valence-electron chi connectivity index (χ4n) is 1.13. The minimum Gasteiger partial charge on any atom is -0.388 e. The fraction of sp³-hybridized carbons (Fsp3) is 0.900. The van der Waals surface area contributed by atoms with Crippen LogP contribution < -0.4 is 5.73 Å². The average molecular weight is 185 g/mol. The van der Waals surface area contributed by atoms with E-state index in [4.69, 9.17) is 11.1 Å². The smallest absolute Gasteiger partial charge is 0.0905 e. The van der Waals surface area contributed by atoms with E-state index in [0.29, 0.717) is 5.84 Å². The van der Waals surface area contributed by atoms with Gasteiger partial charge in [-0.1, -0.05) is 13.8 Å². The summed E-state index contributed by atoms with van der Waals surface area (Å²) in [6.45, 7) is 6.68. The molecule has 13 heavy (non-hydrogen) atoms. The van der Waals surface area contributed by atoms with Gasteiger partial charge in [-0.05, 0) is 38.9 Å². The van der Waals surface area contributed by atoms with Crippen LogP contribution in [-0.4, -0.2) is 30.9 Å². The Bertz CT molecular complexity index is 143. The number of hydrogen-bond donors (Lipinski definition) is 2. The molecule has 0 radical (unpaired) electrons. The minimum absolute atomic E-state index is 0.303. The lowest BCUT2D eigenvalue weighted by molar-refractivity contribution is 0.308. The highest BCUT2D eigenvalue weighted by molar-refractivity contribution is 5.76. The highest BCUT2D eigenvalue weighted by Gasteiger charge is 2.00. The molecule has 0 heterocycles. The average Bonchev–Trinajstić information content (AvgIpc) is 2.00. The van der Waals surface area contributed by atoms with Crippen molar-refractivity contribution in [2.75, 3.05) is 20.1 Å². The molecule has 0 bridgehead atoms. The molecule has 0 aromatic rings. The fourth-order valence-corrected chi connectivity index (χ4v) is 1.13. The van der Waals surface area contributed by atoms with Gasteiger partial charge in [0, 0.05) is 6.42 Å². The van der Waals surface area contributed by atoms with Crippen LogP contribution >= 0.6 is 0 Å². The van der Waals surface area contributed by atoms with E-state index in [1.165, 1.54) is 6.42 Å². The summed E-state index contributed by atoms with van der Waals surface area (Å²) >= 11 is 0. The highest BCUT2D eigenvalue weighted by Crippen LogP contribution is 2.01. The predicted molar refractivity (Wildman–Crippen MR) is 58.1 cm³/mol. The van der Waals surface area contributed by atoms with Crippen LogP contribution in [0.15, 0.2) is 0 Å². The summed E-state index contributed by atoms with van der Waals surface area (Å²) < 4.78 is 0. The van der Waals surface area contributed by atoms with Gasteiger partial charge in [0.1, 0.15) is 0 Å². The first-order valence-corrected chi connectivity index (χ1v) is 5.03. The lowest BCUT2D eigenvalue weighted by Gasteiger charge is -2.17. The van der Waals surface area contributed by atoms with E-state index in [1.807, 2.05) is 0 Å². The summed E-state index contributed by atoms with van der Waals surface area (Å²) in [5, 5.41) is 7.07. The van der Waals surface area contributed by atoms with Crippen molar-refractivity contribution < 1.29 is 0 Å². The second kappa shape index (κ2) is 6.89. The highest BCUT2D eigenvalue weighted by atomic mass is 15.1. The molecule has 0 saturated carbocycles. The van der Waals surface area contributed by atoms with E-state index < -0.39 is 0 Å². The molecule has 0 aliphatic carbocycles. The van der Waals surface area contributed by atoms with Gasteiger partial charge >= 0.3 is 0 Å². The van der Waals surface area contributed by atoms with Crippen LogP contribution in [0.4, 0.5) is 0 Å². The molecular weight excluding hydrogens is 162 g/mol. The summed E-state index contributed by atoms with van der Waals surface area (Å²) in [6, 6.07) is 0. The Labute approximate surface area is 81.8 Å². The van der Waals surface area contributed by atoms with Crippen LogP contribution in [0.2, 0.25) is 0 Å². The molecule has 0 fully saturated rings. The van der Waals surface area contributed by atoms with Crippen molar-refractivity contribution in [1.82, 2.24) is 4.90 Å². The first-order chi connectivity index (χ1) is 6.02. The number of amidine groups is 1. The molecule has 0 amide bonds. The van der Waals surface area contributed by atoms with E-state index in [9.17, 15) is 0 Å². The van der Waals surface area contributed by atoms with Crippen molar-refractivity contribution >= 4 is 5.84 Å². The van der Waals surface area contributed by atoms with E-state index in [-0.39, 0.29) is 0 Å². The van der Waals surface area contributed by atoms with Crippen molar-refractivity contribution in [2.24, 2.45) is 11.7 Å². The maximum Gasteiger partial charge on any atom is 0.0905 e. The van der Waals surface area contributed by atoms with Crippen LogP contribution in [0.1, 0.15) is 33.1 Å². The molecule has 3 heteroatoms. The Morgan fingerprint density at radius 1 is 1.38 bits per heavy atom. The van der Waals surface area contributed by atoms with Gasteiger partial charge in [-0.25, -0.2) is 0 Å². The first-order valence-electron chi connectivity index (χ1n) is 5.03. The Morgan fingerprint density at radius 3 is 2.46 bits per heavy atom. The SMILES string of the molecule is CC(C)CCN(C)CCCC(=N)N. The topological polar surface area (TPSA) is 53.1 Å². The standard InChI is InChI=1S/C10H23N3/c1-9(2)6-8-13(3)7-4-5-10(11)12/h9H,4-8H2,1-3H3,(H3,11,12). The number of nitrogens with two attached hydrogens (primary N) is 1. The molecule has 0 atom stereocenters. The third-order valence-corrected chi connectivity index (χ3v) is 2.07. The van der Waals surface area contributed by atoms with Crippen molar-refractivity contribution in [3.63, 3.8) is 0 Å². The Kier molecular flexibility index (Phi) is 6.59. The second-order valence-corrected chi connectivity index (χ2v) is 4.11. The molecular formula is C10H23N3. The van der Waals surface area contributed by atoms with Crippen LogP contribution in [0.3, 0.4) is 0 Å². The predicted octanol–water partition coefficient (Wildman–Crippen LogP) is 1.68. The molecule has 0 saturated heterocycles. The van der Waals surface area contributed by atoms with Gasteiger partial charge in [-0.15, -0.1) is 0 Å². The van der Waals surface area contributed by atoms with Crippen molar-refractivity contribution in [3.8, 4) is 0 Å². The quantitative estimate of drug-likeness (QED) is 0.468. The van der Waals surface area contributed by atoms with Crippen LogP contribution in [-0.2, 0) is 0 Å². The van der Waals surface area contributed by atoms with Gasteiger partial charge in [0.15, 0.2) is 0 Å². The number of rotatable bonds is 7. The second-order valence-electron chi connectivity index (χ2n) is 4.11. The van der Waals surface area contributed by atoms with Gasteiger partial charge in [-0.3, -0.25) is 5.41 Å². The normalized spacial score (nSPS) is 11.2. The molecule has 78 valence electrons. The van der Waals surface area contributed by atoms with Crippen molar-refractivity contribution in [2.45, 2.75) is 33.1 Å². The zero-order valence-electron chi connectivity index (χ0n) is 9.14. The zero-order chi connectivity index (χ0) is 10.3. The monoisotopic (exact) mass is 185 g/mol. The molecule has 3 nitrogen and oxygen atoms in total. The Morgan fingerprint density at radius 2 is 2.00 bits per heavy atom. The van der Waals surface area contributed by atoms with Gasteiger partial charge < -0.3 is 10.6 Å². The maximum absolute atomic E-state index is 7.07. The number of nitrogens with one attached hydrogen (secondary N) is 1. The van der Waals surface area contributed by atoms with Gasteiger partial charge in [0.25, 0.3) is 0 Å². The van der Waals surface area contributed by atoms with E-state index in [0.717, 1.165) is 31.8 Å². The number of nitrogens with zero attached hydrogens (tertiary/aromatic N) is 1. The molecule has 0 aromatic carbocycles. The van der Waals surface area contributed by atoms with Crippen LogP contribution in [0.5, 0.6) is 0 Å². The van der Waals surface area contributed by atoms with Gasteiger partial charge in [0.05, 0.1) is 5.84 Å². The van der Waals surface area contributed by atoms with Crippen molar-refractivity contribution in [1.29, 1.82) is 5.41 Å².